The number of nitrogens with zero attached hydrogens (tertiary/aromatic N) is 2. The first kappa shape index (κ1) is 20.4. The molecule has 1 fully saturated rings. The van der Waals surface area contributed by atoms with Gasteiger partial charge in [0.15, 0.2) is 0 Å². The molecule has 0 bridgehead atoms. The van der Waals surface area contributed by atoms with E-state index in [2.05, 4.69) is 35.2 Å². The number of aliphatic carboxylic acids is 1. The van der Waals surface area contributed by atoms with Crippen molar-refractivity contribution in [2.24, 2.45) is 0 Å². The molecule has 150 valence electrons. The van der Waals surface area contributed by atoms with E-state index in [9.17, 15) is 4.79 Å². The summed E-state index contributed by atoms with van der Waals surface area (Å²) in [5.41, 5.74) is 3.57. The summed E-state index contributed by atoms with van der Waals surface area (Å²) in [6.07, 6.45) is 3.18. The zero-order valence-electron chi connectivity index (χ0n) is 16.8. The van der Waals surface area contributed by atoms with Crippen molar-refractivity contribution in [2.45, 2.75) is 31.8 Å². The van der Waals surface area contributed by atoms with Crippen LogP contribution in [-0.2, 0) is 11.3 Å². The fourth-order valence-corrected chi connectivity index (χ4v) is 4.01. The first-order valence-electron chi connectivity index (χ1n) is 9.93. The van der Waals surface area contributed by atoms with Gasteiger partial charge >= 0.3 is 5.97 Å². The van der Waals surface area contributed by atoms with Crippen molar-refractivity contribution in [2.75, 3.05) is 33.8 Å². The summed E-state index contributed by atoms with van der Waals surface area (Å²) in [5.74, 6) is 0.137. The molecule has 28 heavy (non-hydrogen) atoms. The zero-order valence-corrected chi connectivity index (χ0v) is 16.8. The van der Waals surface area contributed by atoms with E-state index in [-0.39, 0.29) is 6.54 Å². The quantitative estimate of drug-likeness (QED) is 0.791. The number of para-hydroxylation sites is 1. The summed E-state index contributed by atoms with van der Waals surface area (Å²) >= 11 is 0. The largest absolute Gasteiger partial charge is 0.496 e. The van der Waals surface area contributed by atoms with Crippen molar-refractivity contribution in [3.05, 3.63) is 54.1 Å². The van der Waals surface area contributed by atoms with Gasteiger partial charge in [-0.05, 0) is 56.6 Å². The van der Waals surface area contributed by atoms with Crippen LogP contribution in [0.4, 0.5) is 0 Å². The lowest BCUT2D eigenvalue weighted by atomic mass is 10.0. The average molecular weight is 383 g/mol. The van der Waals surface area contributed by atoms with Gasteiger partial charge in [-0.1, -0.05) is 42.5 Å². The molecule has 1 N–H and O–H groups in total. The summed E-state index contributed by atoms with van der Waals surface area (Å²) in [5, 5.41) is 9.01. The maximum absolute atomic E-state index is 11.0. The molecule has 0 amide bonds. The fraction of sp³-hybridized carbons (Fsp3) is 0.435. The van der Waals surface area contributed by atoms with E-state index in [1.54, 1.807) is 7.11 Å². The fourth-order valence-electron chi connectivity index (χ4n) is 4.01. The van der Waals surface area contributed by atoms with E-state index in [1.807, 2.05) is 30.1 Å². The lowest BCUT2D eigenvalue weighted by Gasteiger charge is -2.25. The minimum Gasteiger partial charge on any atom is -0.496 e. The molecule has 0 aliphatic carbocycles. The van der Waals surface area contributed by atoms with Gasteiger partial charge in [0.2, 0.25) is 0 Å². The average Bonchev–Trinajstić information content (AvgIpc) is 2.94. The molecule has 1 aliphatic rings. The zero-order chi connectivity index (χ0) is 19.9. The summed E-state index contributed by atoms with van der Waals surface area (Å²) in [6.45, 7) is 3.12. The number of carbonyl (C=O) groups is 1. The van der Waals surface area contributed by atoms with E-state index in [1.165, 1.54) is 5.56 Å². The number of benzene rings is 2. The molecule has 3 rings (SSSR count). The van der Waals surface area contributed by atoms with E-state index in [4.69, 9.17) is 9.84 Å². The maximum atomic E-state index is 11.0. The van der Waals surface area contributed by atoms with E-state index in [0.717, 1.165) is 55.8 Å². The van der Waals surface area contributed by atoms with Crippen LogP contribution in [0.2, 0.25) is 0 Å². The highest BCUT2D eigenvalue weighted by Gasteiger charge is 2.21. The molecule has 1 atom stereocenters. The molecule has 0 radical (unpaired) electrons. The highest BCUT2D eigenvalue weighted by atomic mass is 16.5. The normalized spacial score (nSPS) is 18.0. The Kier molecular flexibility index (Phi) is 7.06. The SMILES string of the molecule is COc1ccccc1-c1ccc(CN2CCCC(N(C)CC(=O)O)CC2)cc1. The first-order valence-corrected chi connectivity index (χ1v) is 9.93. The van der Waals surface area contributed by atoms with Gasteiger partial charge in [-0.2, -0.15) is 0 Å². The molecular weight excluding hydrogens is 352 g/mol. The molecule has 2 aromatic carbocycles. The number of methoxy groups -OCH3 is 1. The van der Waals surface area contributed by atoms with Gasteiger partial charge in [0.25, 0.3) is 0 Å². The Morgan fingerprint density at radius 3 is 2.61 bits per heavy atom. The van der Waals surface area contributed by atoms with Crippen LogP contribution < -0.4 is 4.74 Å². The third-order valence-electron chi connectivity index (χ3n) is 5.58. The first-order chi connectivity index (χ1) is 13.6. The predicted octanol–water partition coefficient (Wildman–Crippen LogP) is 3.73. The van der Waals surface area contributed by atoms with Gasteiger partial charge in [0, 0.05) is 18.2 Å². The molecule has 5 nitrogen and oxygen atoms in total. The number of hydrogen-bond acceptors (Lipinski definition) is 4. The van der Waals surface area contributed by atoms with Gasteiger partial charge < -0.3 is 9.84 Å². The second-order valence-electron chi connectivity index (χ2n) is 7.57. The number of likely N-dealkylation sites (N-methyl/N-ethyl adjacent to an activating group) is 1. The number of carboxylic acids is 1. The number of ether oxygens (including phenoxy) is 1. The molecule has 0 spiro atoms. The molecule has 0 saturated carbocycles. The monoisotopic (exact) mass is 382 g/mol. The van der Waals surface area contributed by atoms with Crippen LogP contribution in [0.5, 0.6) is 5.75 Å². The summed E-state index contributed by atoms with van der Waals surface area (Å²) < 4.78 is 5.47. The summed E-state index contributed by atoms with van der Waals surface area (Å²) in [4.78, 5) is 15.4. The Hall–Kier alpha value is -2.37. The number of likely N-dealkylation sites (tertiary alicyclic amines) is 1. The molecule has 0 aromatic heterocycles. The van der Waals surface area contributed by atoms with Crippen LogP contribution in [0.3, 0.4) is 0 Å². The minimum atomic E-state index is -0.751. The minimum absolute atomic E-state index is 0.120. The third-order valence-corrected chi connectivity index (χ3v) is 5.58. The molecule has 1 unspecified atom stereocenters. The van der Waals surface area contributed by atoms with Gasteiger partial charge in [0.1, 0.15) is 5.75 Å². The Balaban J connectivity index is 1.59. The van der Waals surface area contributed by atoms with Crippen LogP contribution in [0.15, 0.2) is 48.5 Å². The molecule has 5 heteroatoms. The van der Waals surface area contributed by atoms with E-state index >= 15 is 0 Å². The molecule has 1 saturated heterocycles. The van der Waals surface area contributed by atoms with Crippen molar-refractivity contribution in [1.82, 2.24) is 9.80 Å². The molecule has 1 heterocycles. The van der Waals surface area contributed by atoms with E-state index in [0.29, 0.717) is 6.04 Å². The van der Waals surface area contributed by atoms with Crippen LogP contribution in [-0.4, -0.2) is 60.7 Å². The lowest BCUT2D eigenvalue weighted by Crippen LogP contribution is -2.36. The lowest BCUT2D eigenvalue weighted by molar-refractivity contribution is -0.138. The standard InChI is InChI=1S/C23H30N2O3/c1-24(17-23(26)27)20-6-5-14-25(15-13-20)16-18-9-11-19(12-10-18)21-7-3-4-8-22(21)28-2/h3-4,7-12,20H,5-6,13-17H2,1-2H3,(H,26,27). The second-order valence-corrected chi connectivity index (χ2v) is 7.57. The summed E-state index contributed by atoms with van der Waals surface area (Å²) in [6, 6.07) is 17.1. The number of carboxylic acid groups (broad SMARTS) is 1. The van der Waals surface area contributed by atoms with Gasteiger partial charge in [-0.15, -0.1) is 0 Å². The summed E-state index contributed by atoms with van der Waals surface area (Å²) in [7, 11) is 3.62. The Bertz CT molecular complexity index is 776. The van der Waals surface area contributed by atoms with Crippen LogP contribution in [0.25, 0.3) is 11.1 Å². The van der Waals surface area contributed by atoms with Crippen LogP contribution in [0.1, 0.15) is 24.8 Å². The van der Waals surface area contributed by atoms with Crippen LogP contribution >= 0.6 is 0 Å². The topological polar surface area (TPSA) is 53.0 Å². The molecular formula is C23H30N2O3. The van der Waals surface area contributed by atoms with Crippen molar-refractivity contribution < 1.29 is 14.6 Å². The van der Waals surface area contributed by atoms with Crippen molar-refractivity contribution in [3.63, 3.8) is 0 Å². The van der Waals surface area contributed by atoms with Crippen LogP contribution in [0, 0.1) is 0 Å². The predicted molar refractivity (Wildman–Crippen MR) is 112 cm³/mol. The van der Waals surface area contributed by atoms with Crippen molar-refractivity contribution in [1.29, 1.82) is 0 Å². The highest BCUT2D eigenvalue weighted by Crippen LogP contribution is 2.29. The molecule has 2 aromatic rings. The van der Waals surface area contributed by atoms with Gasteiger partial charge in [-0.25, -0.2) is 0 Å². The van der Waals surface area contributed by atoms with Gasteiger partial charge in [-0.3, -0.25) is 14.6 Å². The van der Waals surface area contributed by atoms with E-state index < -0.39 is 5.97 Å². The maximum Gasteiger partial charge on any atom is 0.317 e. The Labute approximate surface area is 167 Å². The molecule has 1 aliphatic heterocycles. The number of rotatable bonds is 7. The Morgan fingerprint density at radius 2 is 1.89 bits per heavy atom. The third kappa shape index (κ3) is 5.33. The Morgan fingerprint density at radius 1 is 1.14 bits per heavy atom. The smallest absolute Gasteiger partial charge is 0.317 e. The second kappa shape index (κ2) is 9.71. The number of hydrogen-bond donors (Lipinski definition) is 1. The van der Waals surface area contributed by atoms with Crippen molar-refractivity contribution >= 4 is 5.97 Å². The van der Waals surface area contributed by atoms with Crippen molar-refractivity contribution in [3.8, 4) is 16.9 Å². The highest BCUT2D eigenvalue weighted by molar-refractivity contribution is 5.70. The van der Waals surface area contributed by atoms with Gasteiger partial charge in [0.05, 0.1) is 13.7 Å².